The summed E-state index contributed by atoms with van der Waals surface area (Å²) in [5.74, 6) is 1.88. The average molecular weight is 329 g/mol. The monoisotopic (exact) mass is 329 g/mol. The van der Waals surface area contributed by atoms with Gasteiger partial charge in [-0.05, 0) is 23.5 Å². The molecule has 0 spiro atoms. The summed E-state index contributed by atoms with van der Waals surface area (Å²) in [6.07, 6.45) is 2.32. The van der Waals surface area contributed by atoms with Gasteiger partial charge in [-0.25, -0.2) is 0 Å². The maximum absolute atomic E-state index is 5.37. The Labute approximate surface area is 146 Å². The fourth-order valence-electron chi connectivity index (χ4n) is 2.75. The minimum Gasteiger partial charge on any atom is -0.339 e. The number of aryl methyl sites for hydroxylation is 1. The van der Waals surface area contributed by atoms with Gasteiger partial charge in [-0.1, -0.05) is 77.4 Å². The SMILES string of the molecule is CCCc1ccc(C(NCc2noc(C(C)(C)C)n2)C(C)C)cc1. The van der Waals surface area contributed by atoms with Gasteiger partial charge in [-0.15, -0.1) is 0 Å². The van der Waals surface area contributed by atoms with E-state index < -0.39 is 0 Å². The van der Waals surface area contributed by atoms with E-state index in [2.05, 4.69) is 81.3 Å². The van der Waals surface area contributed by atoms with Crippen molar-refractivity contribution in [3.05, 3.63) is 47.1 Å². The molecule has 0 saturated heterocycles. The van der Waals surface area contributed by atoms with E-state index in [9.17, 15) is 0 Å². The van der Waals surface area contributed by atoms with Gasteiger partial charge in [0.2, 0.25) is 5.89 Å². The molecular formula is C20H31N3O. The number of benzene rings is 1. The first kappa shape index (κ1) is 18.7. The van der Waals surface area contributed by atoms with Crippen molar-refractivity contribution < 1.29 is 4.52 Å². The van der Waals surface area contributed by atoms with Crippen LogP contribution in [0, 0.1) is 5.92 Å². The molecule has 1 atom stereocenters. The molecule has 0 aliphatic heterocycles. The molecule has 0 saturated carbocycles. The van der Waals surface area contributed by atoms with E-state index >= 15 is 0 Å². The molecule has 0 bridgehead atoms. The molecular weight excluding hydrogens is 298 g/mol. The van der Waals surface area contributed by atoms with Gasteiger partial charge in [0.05, 0.1) is 6.54 Å². The molecule has 1 heterocycles. The largest absolute Gasteiger partial charge is 0.339 e. The number of nitrogens with one attached hydrogen (secondary N) is 1. The molecule has 4 heteroatoms. The summed E-state index contributed by atoms with van der Waals surface area (Å²) in [6.45, 7) is 13.5. The lowest BCUT2D eigenvalue weighted by atomic mass is 9.94. The molecule has 1 aromatic heterocycles. The van der Waals surface area contributed by atoms with Crippen molar-refractivity contribution >= 4 is 0 Å². The second-order valence-corrected chi connectivity index (χ2v) is 7.86. The Balaban J connectivity index is 2.04. The second kappa shape index (κ2) is 7.93. The van der Waals surface area contributed by atoms with Crippen LogP contribution < -0.4 is 5.32 Å². The summed E-state index contributed by atoms with van der Waals surface area (Å²) in [7, 11) is 0. The number of nitrogens with zero attached hydrogens (tertiary/aromatic N) is 2. The van der Waals surface area contributed by atoms with Crippen LogP contribution in [-0.4, -0.2) is 10.1 Å². The minimum atomic E-state index is -0.113. The molecule has 2 rings (SSSR count). The quantitative estimate of drug-likeness (QED) is 0.792. The van der Waals surface area contributed by atoms with Gasteiger partial charge >= 0.3 is 0 Å². The topological polar surface area (TPSA) is 51.0 Å². The van der Waals surface area contributed by atoms with Crippen LogP contribution in [0.15, 0.2) is 28.8 Å². The van der Waals surface area contributed by atoms with E-state index in [1.54, 1.807) is 0 Å². The van der Waals surface area contributed by atoms with Gasteiger partial charge in [-0.2, -0.15) is 4.98 Å². The third-order valence-electron chi connectivity index (χ3n) is 4.13. The Morgan fingerprint density at radius 2 is 1.79 bits per heavy atom. The normalized spacial score (nSPS) is 13.5. The van der Waals surface area contributed by atoms with Crippen molar-refractivity contribution in [1.29, 1.82) is 0 Å². The van der Waals surface area contributed by atoms with Crippen molar-refractivity contribution in [2.24, 2.45) is 5.92 Å². The summed E-state index contributed by atoms with van der Waals surface area (Å²) in [6, 6.07) is 9.22. The smallest absolute Gasteiger partial charge is 0.232 e. The Bertz CT molecular complexity index is 623. The van der Waals surface area contributed by atoms with Crippen molar-refractivity contribution in [2.75, 3.05) is 0 Å². The molecule has 0 aliphatic carbocycles. The van der Waals surface area contributed by atoms with Crippen molar-refractivity contribution in [1.82, 2.24) is 15.5 Å². The maximum Gasteiger partial charge on any atom is 0.232 e. The maximum atomic E-state index is 5.37. The summed E-state index contributed by atoms with van der Waals surface area (Å²) in [5, 5.41) is 7.68. The number of hydrogen-bond acceptors (Lipinski definition) is 4. The van der Waals surface area contributed by atoms with E-state index in [4.69, 9.17) is 4.52 Å². The number of hydrogen-bond donors (Lipinski definition) is 1. The van der Waals surface area contributed by atoms with E-state index in [0.29, 0.717) is 24.2 Å². The molecule has 132 valence electrons. The lowest BCUT2D eigenvalue weighted by Gasteiger charge is -2.22. The first-order valence-electron chi connectivity index (χ1n) is 8.96. The Hall–Kier alpha value is -1.68. The van der Waals surface area contributed by atoms with Gasteiger partial charge in [-0.3, -0.25) is 0 Å². The summed E-state index contributed by atoms with van der Waals surface area (Å²) < 4.78 is 5.37. The summed E-state index contributed by atoms with van der Waals surface area (Å²) in [4.78, 5) is 4.50. The van der Waals surface area contributed by atoms with Gasteiger partial charge in [0, 0.05) is 11.5 Å². The average Bonchev–Trinajstić information content (AvgIpc) is 2.98. The fraction of sp³-hybridized carbons (Fsp3) is 0.600. The molecule has 0 aliphatic rings. The molecule has 0 fully saturated rings. The third kappa shape index (κ3) is 4.91. The van der Waals surface area contributed by atoms with Crippen molar-refractivity contribution in [3.8, 4) is 0 Å². The molecule has 0 radical (unpaired) electrons. The minimum absolute atomic E-state index is 0.113. The van der Waals surface area contributed by atoms with Crippen LogP contribution in [0.1, 0.15) is 76.8 Å². The van der Waals surface area contributed by atoms with E-state index in [1.807, 2.05) is 0 Å². The highest BCUT2D eigenvalue weighted by molar-refractivity contribution is 5.25. The molecule has 4 nitrogen and oxygen atoms in total. The zero-order valence-electron chi connectivity index (χ0n) is 15.9. The standard InChI is InChI=1S/C20H31N3O/c1-7-8-15-9-11-16(12-10-15)18(14(2)3)21-13-17-22-19(24-23-17)20(4,5)6/h9-12,14,18,21H,7-8,13H2,1-6H3. The van der Waals surface area contributed by atoms with Crippen molar-refractivity contribution in [3.63, 3.8) is 0 Å². The molecule has 1 aromatic carbocycles. The van der Waals surface area contributed by atoms with Crippen LogP contribution in [-0.2, 0) is 18.4 Å². The van der Waals surface area contributed by atoms with Crippen LogP contribution in [0.4, 0.5) is 0 Å². The van der Waals surface area contributed by atoms with Crippen LogP contribution >= 0.6 is 0 Å². The highest BCUT2D eigenvalue weighted by Crippen LogP contribution is 2.23. The first-order chi connectivity index (χ1) is 11.3. The molecule has 24 heavy (non-hydrogen) atoms. The molecule has 0 amide bonds. The van der Waals surface area contributed by atoms with Crippen LogP contribution in [0.5, 0.6) is 0 Å². The predicted molar refractivity (Wildman–Crippen MR) is 97.9 cm³/mol. The van der Waals surface area contributed by atoms with Gasteiger partial charge in [0.1, 0.15) is 0 Å². The molecule has 1 unspecified atom stereocenters. The van der Waals surface area contributed by atoms with E-state index in [-0.39, 0.29) is 11.5 Å². The van der Waals surface area contributed by atoms with Gasteiger partial charge < -0.3 is 9.84 Å². The Kier molecular flexibility index (Phi) is 6.16. The van der Waals surface area contributed by atoms with E-state index in [1.165, 1.54) is 17.5 Å². The highest BCUT2D eigenvalue weighted by Gasteiger charge is 2.22. The molecule has 2 aromatic rings. The van der Waals surface area contributed by atoms with Gasteiger partial charge in [0.25, 0.3) is 0 Å². The summed E-state index contributed by atoms with van der Waals surface area (Å²) in [5.41, 5.74) is 2.60. The zero-order chi connectivity index (χ0) is 17.7. The summed E-state index contributed by atoms with van der Waals surface area (Å²) >= 11 is 0. The Morgan fingerprint density at radius 3 is 2.29 bits per heavy atom. The zero-order valence-corrected chi connectivity index (χ0v) is 15.9. The highest BCUT2D eigenvalue weighted by atomic mass is 16.5. The first-order valence-corrected chi connectivity index (χ1v) is 8.96. The third-order valence-corrected chi connectivity index (χ3v) is 4.13. The predicted octanol–water partition coefficient (Wildman–Crippen LogP) is 4.81. The van der Waals surface area contributed by atoms with E-state index in [0.717, 1.165) is 6.42 Å². The Morgan fingerprint density at radius 1 is 1.12 bits per heavy atom. The fourth-order valence-corrected chi connectivity index (χ4v) is 2.75. The lowest BCUT2D eigenvalue weighted by molar-refractivity contribution is 0.316. The lowest BCUT2D eigenvalue weighted by Crippen LogP contribution is -2.26. The van der Waals surface area contributed by atoms with Crippen LogP contribution in [0.2, 0.25) is 0 Å². The van der Waals surface area contributed by atoms with Crippen LogP contribution in [0.3, 0.4) is 0 Å². The number of rotatable bonds is 7. The molecule has 1 N–H and O–H groups in total. The van der Waals surface area contributed by atoms with Crippen LogP contribution in [0.25, 0.3) is 0 Å². The van der Waals surface area contributed by atoms with Gasteiger partial charge in [0.15, 0.2) is 5.82 Å². The van der Waals surface area contributed by atoms with Crippen molar-refractivity contribution in [2.45, 2.75) is 72.4 Å². The second-order valence-electron chi connectivity index (χ2n) is 7.86. The number of aromatic nitrogens is 2.